The first-order valence-electron chi connectivity index (χ1n) is 4.31. The third-order valence-electron chi connectivity index (χ3n) is 2.05. The highest BCUT2D eigenvalue weighted by molar-refractivity contribution is 9.08. The van der Waals surface area contributed by atoms with E-state index in [-0.39, 0.29) is 0 Å². The van der Waals surface area contributed by atoms with Crippen LogP contribution >= 0.6 is 15.9 Å². The second-order valence-corrected chi connectivity index (χ2v) is 3.46. The summed E-state index contributed by atoms with van der Waals surface area (Å²) in [5.41, 5.74) is 3.56. The Morgan fingerprint density at radius 3 is 2.43 bits per heavy atom. The molecule has 2 heterocycles. The molecule has 2 aromatic heterocycles. The Bertz CT molecular complexity index is 415. The maximum atomic E-state index is 4.13. The number of hydrogen-bond acceptors (Lipinski definition) is 2. The summed E-state index contributed by atoms with van der Waals surface area (Å²) in [5, 5.41) is 0.840. The zero-order valence-corrected chi connectivity index (χ0v) is 9.11. The molecule has 3 heteroatoms. The molecule has 0 atom stereocenters. The van der Waals surface area contributed by atoms with Gasteiger partial charge in [-0.1, -0.05) is 15.9 Å². The Hall–Kier alpha value is -1.22. The van der Waals surface area contributed by atoms with Crippen molar-refractivity contribution in [1.29, 1.82) is 0 Å². The minimum atomic E-state index is 0.840. The van der Waals surface area contributed by atoms with Gasteiger partial charge in [0.05, 0.1) is 0 Å². The molecule has 0 N–H and O–H groups in total. The van der Waals surface area contributed by atoms with Crippen molar-refractivity contribution in [1.82, 2.24) is 9.97 Å². The maximum Gasteiger partial charge on any atom is 0.0349 e. The van der Waals surface area contributed by atoms with Crippen molar-refractivity contribution in [3.8, 4) is 11.1 Å². The predicted molar refractivity (Wildman–Crippen MR) is 60.1 cm³/mol. The topological polar surface area (TPSA) is 25.8 Å². The summed E-state index contributed by atoms with van der Waals surface area (Å²) < 4.78 is 0. The number of nitrogens with zero attached hydrogens (tertiary/aromatic N) is 2. The molecular weight excluding hydrogens is 240 g/mol. The average molecular weight is 249 g/mol. The number of hydrogen-bond donors (Lipinski definition) is 0. The van der Waals surface area contributed by atoms with Crippen LogP contribution in [-0.2, 0) is 5.33 Å². The van der Waals surface area contributed by atoms with E-state index in [1.807, 2.05) is 24.4 Å². The van der Waals surface area contributed by atoms with Crippen molar-refractivity contribution in [2.24, 2.45) is 0 Å². The Balaban J connectivity index is 2.51. The van der Waals surface area contributed by atoms with E-state index in [0.29, 0.717) is 0 Å². The molecule has 0 saturated carbocycles. The second-order valence-electron chi connectivity index (χ2n) is 2.90. The monoisotopic (exact) mass is 248 g/mol. The summed E-state index contributed by atoms with van der Waals surface area (Å²) >= 11 is 3.46. The van der Waals surface area contributed by atoms with Crippen LogP contribution in [0.2, 0.25) is 0 Å². The van der Waals surface area contributed by atoms with Gasteiger partial charge < -0.3 is 0 Å². The molecule has 0 spiro atoms. The molecule has 2 rings (SSSR count). The van der Waals surface area contributed by atoms with Crippen LogP contribution in [-0.4, -0.2) is 9.97 Å². The Morgan fingerprint density at radius 1 is 1.00 bits per heavy atom. The van der Waals surface area contributed by atoms with Gasteiger partial charge in [0.25, 0.3) is 0 Å². The van der Waals surface area contributed by atoms with Crippen LogP contribution in [0.3, 0.4) is 0 Å². The Kier molecular flexibility index (Phi) is 2.89. The first-order valence-corrected chi connectivity index (χ1v) is 5.43. The van der Waals surface area contributed by atoms with E-state index in [9.17, 15) is 0 Å². The standard InChI is InChI=1S/C11H9BrN2/c12-7-10-3-6-14-8-11(10)9-1-4-13-5-2-9/h1-6,8H,7H2. The van der Waals surface area contributed by atoms with Gasteiger partial charge in [-0.05, 0) is 29.3 Å². The lowest BCUT2D eigenvalue weighted by atomic mass is 10.1. The molecule has 0 saturated heterocycles. The molecule has 0 radical (unpaired) electrons. The SMILES string of the molecule is BrCc1ccncc1-c1ccncc1. The molecule has 0 fully saturated rings. The predicted octanol–water partition coefficient (Wildman–Crippen LogP) is 3.04. The lowest BCUT2D eigenvalue weighted by molar-refractivity contribution is 1.27. The van der Waals surface area contributed by atoms with Crippen LogP contribution in [0.15, 0.2) is 43.0 Å². The molecule has 0 amide bonds. The Labute approximate surface area is 91.2 Å². The van der Waals surface area contributed by atoms with E-state index < -0.39 is 0 Å². The average Bonchev–Trinajstić information content (AvgIpc) is 2.30. The van der Waals surface area contributed by atoms with E-state index in [2.05, 4.69) is 25.9 Å². The van der Waals surface area contributed by atoms with Gasteiger partial charge >= 0.3 is 0 Å². The highest BCUT2D eigenvalue weighted by atomic mass is 79.9. The lowest BCUT2D eigenvalue weighted by Gasteiger charge is -2.05. The quantitative estimate of drug-likeness (QED) is 0.764. The van der Waals surface area contributed by atoms with Crippen molar-refractivity contribution >= 4 is 15.9 Å². The minimum Gasteiger partial charge on any atom is -0.265 e. The van der Waals surface area contributed by atoms with Crippen molar-refractivity contribution in [2.45, 2.75) is 5.33 Å². The first kappa shape index (κ1) is 9.34. The zero-order chi connectivity index (χ0) is 9.80. The first-order chi connectivity index (χ1) is 6.92. The van der Waals surface area contributed by atoms with E-state index in [1.165, 1.54) is 5.56 Å². The normalized spacial score (nSPS) is 10.1. The number of alkyl halides is 1. The summed E-state index contributed by atoms with van der Waals surface area (Å²) in [6.45, 7) is 0. The summed E-state index contributed by atoms with van der Waals surface area (Å²) in [6, 6.07) is 6.00. The molecule has 0 unspecified atom stereocenters. The molecule has 14 heavy (non-hydrogen) atoms. The fourth-order valence-corrected chi connectivity index (χ4v) is 1.82. The van der Waals surface area contributed by atoms with E-state index >= 15 is 0 Å². The van der Waals surface area contributed by atoms with Crippen LogP contribution < -0.4 is 0 Å². The number of rotatable bonds is 2. The van der Waals surface area contributed by atoms with Crippen molar-refractivity contribution in [2.75, 3.05) is 0 Å². The van der Waals surface area contributed by atoms with Gasteiger partial charge in [0, 0.05) is 35.7 Å². The van der Waals surface area contributed by atoms with E-state index in [4.69, 9.17) is 0 Å². The zero-order valence-electron chi connectivity index (χ0n) is 7.52. The van der Waals surface area contributed by atoms with Gasteiger partial charge in [-0.15, -0.1) is 0 Å². The largest absolute Gasteiger partial charge is 0.265 e. The van der Waals surface area contributed by atoms with Crippen LogP contribution in [0.25, 0.3) is 11.1 Å². The molecule has 0 aliphatic heterocycles. The minimum absolute atomic E-state index is 0.840. The molecule has 0 aliphatic carbocycles. The molecular formula is C11H9BrN2. The van der Waals surface area contributed by atoms with Crippen molar-refractivity contribution in [3.63, 3.8) is 0 Å². The summed E-state index contributed by atoms with van der Waals surface area (Å²) in [4.78, 5) is 8.12. The fraction of sp³-hybridized carbons (Fsp3) is 0.0909. The van der Waals surface area contributed by atoms with Gasteiger partial charge in [0.1, 0.15) is 0 Å². The summed E-state index contributed by atoms with van der Waals surface area (Å²) in [5.74, 6) is 0. The van der Waals surface area contributed by atoms with Gasteiger partial charge in [-0.3, -0.25) is 9.97 Å². The van der Waals surface area contributed by atoms with Gasteiger partial charge in [0.2, 0.25) is 0 Å². The molecule has 0 aromatic carbocycles. The van der Waals surface area contributed by atoms with Crippen LogP contribution in [0, 0.1) is 0 Å². The van der Waals surface area contributed by atoms with Gasteiger partial charge in [-0.2, -0.15) is 0 Å². The van der Waals surface area contributed by atoms with Gasteiger partial charge in [0.15, 0.2) is 0 Å². The van der Waals surface area contributed by atoms with Crippen molar-refractivity contribution < 1.29 is 0 Å². The van der Waals surface area contributed by atoms with Crippen LogP contribution in [0.4, 0.5) is 0 Å². The molecule has 0 bridgehead atoms. The molecule has 0 aliphatic rings. The van der Waals surface area contributed by atoms with Gasteiger partial charge in [-0.25, -0.2) is 0 Å². The van der Waals surface area contributed by atoms with E-state index in [0.717, 1.165) is 16.5 Å². The maximum absolute atomic E-state index is 4.13. The highest BCUT2D eigenvalue weighted by Gasteiger charge is 2.02. The van der Waals surface area contributed by atoms with Crippen LogP contribution in [0.5, 0.6) is 0 Å². The summed E-state index contributed by atoms with van der Waals surface area (Å²) in [7, 11) is 0. The van der Waals surface area contributed by atoms with E-state index in [1.54, 1.807) is 18.6 Å². The summed E-state index contributed by atoms with van der Waals surface area (Å²) in [6.07, 6.45) is 7.27. The Morgan fingerprint density at radius 2 is 1.71 bits per heavy atom. The van der Waals surface area contributed by atoms with Crippen LogP contribution in [0.1, 0.15) is 5.56 Å². The second kappa shape index (κ2) is 4.33. The third kappa shape index (κ3) is 1.82. The third-order valence-corrected chi connectivity index (χ3v) is 2.65. The smallest absolute Gasteiger partial charge is 0.0349 e. The highest BCUT2D eigenvalue weighted by Crippen LogP contribution is 2.23. The molecule has 70 valence electrons. The number of halogens is 1. The van der Waals surface area contributed by atoms with Crippen molar-refractivity contribution in [3.05, 3.63) is 48.5 Å². The molecule has 2 aromatic rings. The number of pyridine rings is 2. The lowest BCUT2D eigenvalue weighted by Crippen LogP contribution is -1.87. The fourth-order valence-electron chi connectivity index (χ4n) is 1.33. The number of aromatic nitrogens is 2. The molecule has 2 nitrogen and oxygen atoms in total.